The molecule has 1 aliphatic heterocycles. The Balaban J connectivity index is 1.79. The third-order valence-corrected chi connectivity index (χ3v) is 6.18. The largest absolute Gasteiger partial charge is 0.497 e. The highest BCUT2D eigenvalue weighted by Crippen LogP contribution is 2.31. The van der Waals surface area contributed by atoms with Gasteiger partial charge < -0.3 is 14.1 Å². The number of piperazine rings is 1. The van der Waals surface area contributed by atoms with Crippen LogP contribution in [0.5, 0.6) is 5.75 Å². The number of benzene rings is 1. The molecular formula is C16H17N3O7S. The van der Waals surface area contributed by atoms with E-state index in [1.165, 1.54) is 30.4 Å². The van der Waals surface area contributed by atoms with Crippen LogP contribution in [0.15, 0.2) is 45.9 Å². The van der Waals surface area contributed by atoms with Gasteiger partial charge in [0.2, 0.25) is 10.0 Å². The van der Waals surface area contributed by atoms with Crippen LogP contribution < -0.4 is 4.74 Å². The van der Waals surface area contributed by atoms with Gasteiger partial charge in [0.25, 0.3) is 11.6 Å². The average molecular weight is 395 g/mol. The maximum atomic E-state index is 12.9. The molecule has 1 aromatic carbocycles. The highest BCUT2D eigenvalue weighted by Gasteiger charge is 2.35. The Morgan fingerprint density at radius 2 is 1.93 bits per heavy atom. The van der Waals surface area contributed by atoms with E-state index in [0.29, 0.717) is 0 Å². The van der Waals surface area contributed by atoms with Crippen molar-refractivity contribution in [3.63, 3.8) is 0 Å². The van der Waals surface area contributed by atoms with Crippen molar-refractivity contribution in [1.82, 2.24) is 9.21 Å². The van der Waals surface area contributed by atoms with Crippen LogP contribution in [0.3, 0.4) is 0 Å². The minimum absolute atomic E-state index is 0.0258. The molecule has 0 bridgehead atoms. The Kier molecular flexibility index (Phi) is 5.15. The second-order valence-electron chi connectivity index (χ2n) is 5.76. The third kappa shape index (κ3) is 3.64. The lowest BCUT2D eigenvalue weighted by molar-refractivity contribution is -0.387. The molecule has 1 aromatic heterocycles. The van der Waals surface area contributed by atoms with Gasteiger partial charge in [-0.2, -0.15) is 4.31 Å². The van der Waals surface area contributed by atoms with Crippen LogP contribution in [0.25, 0.3) is 0 Å². The van der Waals surface area contributed by atoms with Crippen LogP contribution in [-0.2, 0) is 10.0 Å². The molecule has 1 aliphatic rings. The summed E-state index contributed by atoms with van der Waals surface area (Å²) in [5, 5.41) is 11.3. The van der Waals surface area contributed by atoms with Gasteiger partial charge in [0.1, 0.15) is 5.75 Å². The van der Waals surface area contributed by atoms with Gasteiger partial charge in [0.05, 0.1) is 24.4 Å². The van der Waals surface area contributed by atoms with Crippen molar-refractivity contribution in [3.8, 4) is 5.75 Å². The van der Waals surface area contributed by atoms with E-state index in [2.05, 4.69) is 0 Å². The van der Waals surface area contributed by atoms with Crippen molar-refractivity contribution in [1.29, 1.82) is 0 Å². The van der Waals surface area contributed by atoms with E-state index in [4.69, 9.17) is 9.15 Å². The number of rotatable bonds is 5. The lowest BCUT2D eigenvalue weighted by Crippen LogP contribution is -2.50. The van der Waals surface area contributed by atoms with Gasteiger partial charge in [0, 0.05) is 26.2 Å². The molecule has 0 radical (unpaired) electrons. The van der Waals surface area contributed by atoms with E-state index in [9.17, 15) is 23.3 Å². The quantitative estimate of drug-likeness (QED) is 0.553. The number of methoxy groups -OCH3 is 1. The summed E-state index contributed by atoms with van der Waals surface area (Å²) in [7, 11) is -2.76. The van der Waals surface area contributed by atoms with Crippen molar-refractivity contribution in [2.45, 2.75) is 4.90 Å². The number of nitro benzene ring substituents is 1. The van der Waals surface area contributed by atoms with E-state index in [1.807, 2.05) is 0 Å². The second kappa shape index (κ2) is 7.37. The van der Waals surface area contributed by atoms with Crippen LogP contribution >= 0.6 is 0 Å². The number of furan rings is 1. The second-order valence-corrected chi connectivity index (χ2v) is 7.67. The summed E-state index contributed by atoms with van der Waals surface area (Å²) in [6.07, 6.45) is 1.39. The van der Waals surface area contributed by atoms with Crippen LogP contribution in [0, 0.1) is 10.1 Å². The molecule has 0 aliphatic carbocycles. The van der Waals surface area contributed by atoms with Gasteiger partial charge in [-0.05, 0) is 24.3 Å². The maximum absolute atomic E-state index is 12.9. The fourth-order valence-corrected chi connectivity index (χ4v) is 4.37. The molecule has 2 aromatic rings. The smallest absolute Gasteiger partial charge is 0.293 e. The van der Waals surface area contributed by atoms with Gasteiger partial charge in [-0.1, -0.05) is 0 Å². The molecule has 0 unspecified atom stereocenters. The van der Waals surface area contributed by atoms with E-state index >= 15 is 0 Å². The van der Waals surface area contributed by atoms with E-state index < -0.39 is 25.5 Å². The lowest BCUT2D eigenvalue weighted by Gasteiger charge is -2.33. The number of carbonyl (C=O) groups is 1. The summed E-state index contributed by atoms with van der Waals surface area (Å²) < 4.78 is 36.9. The Bertz CT molecular complexity index is 948. The number of nitrogens with zero attached hydrogens (tertiary/aromatic N) is 3. The highest BCUT2D eigenvalue weighted by molar-refractivity contribution is 7.89. The summed E-state index contributed by atoms with van der Waals surface area (Å²) in [6, 6.07) is 6.72. The summed E-state index contributed by atoms with van der Waals surface area (Å²) in [4.78, 5) is 23.9. The van der Waals surface area contributed by atoms with Gasteiger partial charge in [-0.25, -0.2) is 8.42 Å². The Morgan fingerprint density at radius 3 is 2.48 bits per heavy atom. The number of sulfonamides is 1. The first-order chi connectivity index (χ1) is 12.8. The van der Waals surface area contributed by atoms with E-state index in [-0.39, 0.29) is 43.6 Å². The number of hydrogen-bond donors (Lipinski definition) is 0. The molecule has 1 amide bonds. The first kappa shape index (κ1) is 18.9. The first-order valence-corrected chi connectivity index (χ1v) is 9.44. The molecule has 144 valence electrons. The molecule has 3 rings (SSSR count). The molecule has 0 atom stereocenters. The first-order valence-electron chi connectivity index (χ1n) is 8.00. The molecule has 1 fully saturated rings. The van der Waals surface area contributed by atoms with Gasteiger partial charge in [0.15, 0.2) is 10.7 Å². The van der Waals surface area contributed by atoms with Crippen molar-refractivity contribution in [2.24, 2.45) is 0 Å². The van der Waals surface area contributed by atoms with Crippen molar-refractivity contribution in [3.05, 3.63) is 52.5 Å². The number of carbonyl (C=O) groups excluding carboxylic acids is 1. The van der Waals surface area contributed by atoms with Gasteiger partial charge >= 0.3 is 0 Å². The molecule has 27 heavy (non-hydrogen) atoms. The molecule has 0 saturated carbocycles. The van der Waals surface area contributed by atoms with Crippen molar-refractivity contribution >= 4 is 21.6 Å². The number of ether oxygens (including phenoxy) is 1. The molecule has 2 heterocycles. The number of amides is 1. The zero-order chi connectivity index (χ0) is 19.6. The molecule has 11 heteroatoms. The SMILES string of the molecule is COc1ccc(S(=O)(=O)N2CCN(C(=O)c3ccco3)CC2)c([N+](=O)[O-])c1. The summed E-state index contributed by atoms with van der Waals surface area (Å²) >= 11 is 0. The maximum Gasteiger partial charge on any atom is 0.293 e. The monoisotopic (exact) mass is 395 g/mol. The van der Waals surface area contributed by atoms with Crippen LogP contribution in [0.4, 0.5) is 5.69 Å². The fraction of sp³-hybridized carbons (Fsp3) is 0.312. The summed E-state index contributed by atoms with van der Waals surface area (Å²) in [5.41, 5.74) is -0.552. The summed E-state index contributed by atoms with van der Waals surface area (Å²) in [6.45, 7) is 0.362. The van der Waals surface area contributed by atoms with Crippen molar-refractivity contribution in [2.75, 3.05) is 33.3 Å². The van der Waals surface area contributed by atoms with Crippen molar-refractivity contribution < 1.29 is 27.3 Å². The Morgan fingerprint density at radius 1 is 1.22 bits per heavy atom. The third-order valence-electron chi connectivity index (χ3n) is 4.24. The average Bonchev–Trinajstić information content (AvgIpc) is 3.21. The number of nitro groups is 1. The highest BCUT2D eigenvalue weighted by atomic mass is 32.2. The Hall–Kier alpha value is -2.92. The zero-order valence-electron chi connectivity index (χ0n) is 14.4. The van der Waals surface area contributed by atoms with Gasteiger partial charge in [-0.15, -0.1) is 0 Å². The standard InChI is InChI=1S/C16H17N3O7S/c1-25-12-4-5-15(13(11-12)19(21)22)27(23,24)18-8-6-17(7-9-18)16(20)14-3-2-10-26-14/h2-5,10-11H,6-9H2,1H3. The van der Waals surface area contributed by atoms with E-state index in [0.717, 1.165) is 16.4 Å². The Labute approximate surface area is 155 Å². The zero-order valence-corrected chi connectivity index (χ0v) is 15.2. The van der Waals surface area contributed by atoms with Gasteiger partial charge in [-0.3, -0.25) is 14.9 Å². The van der Waals surface area contributed by atoms with Crippen LogP contribution in [0.2, 0.25) is 0 Å². The summed E-state index contributed by atoms with van der Waals surface area (Å²) in [5.74, 6) is 0.0408. The molecular weight excluding hydrogens is 378 g/mol. The minimum Gasteiger partial charge on any atom is -0.497 e. The molecule has 0 N–H and O–H groups in total. The molecule has 10 nitrogen and oxygen atoms in total. The van der Waals surface area contributed by atoms with E-state index in [1.54, 1.807) is 6.07 Å². The van der Waals surface area contributed by atoms with Crippen LogP contribution in [-0.4, -0.2) is 61.7 Å². The number of hydrogen-bond acceptors (Lipinski definition) is 7. The normalized spacial score (nSPS) is 15.5. The van der Waals surface area contributed by atoms with Crippen LogP contribution in [0.1, 0.15) is 10.6 Å². The minimum atomic E-state index is -4.09. The fourth-order valence-electron chi connectivity index (χ4n) is 2.81. The lowest BCUT2D eigenvalue weighted by atomic mass is 10.3. The predicted molar refractivity (Wildman–Crippen MR) is 93.0 cm³/mol. The molecule has 1 saturated heterocycles. The molecule has 0 spiro atoms. The topological polar surface area (TPSA) is 123 Å². The predicted octanol–water partition coefficient (Wildman–Crippen LogP) is 1.34.